The van der Waals surface area contributed by atoms with Gasteiger partial charge in [-0.1, -0.05) is 65.1 Å². The van der Waals surface area contributed by atoms with Crippen molar-refractivity contribution in [3.05, 3.63) is 35.9 Å². The lowest BCUT2D eigenvalue weighted by molar-refractivity contribution is -0.915. The van der Waals surface area contributed by atoms with Crippen LogP contribution >= 0.6 is 34.8 Å². The van der Waals surface area contributed by atoms with E-state index in [1.165, 1.54) is 0 Å². The summed E-state index contributed by atoms with van der Waals surface area (Å²) in [4.78, 5) is 13.3. The molecule has 110 valence electrons. The maximum Gasteiger partial charge on any atom is 0.262 e. The Bertz CT molecular complexity index is 441. The monoisotopic (exact) mass is 335 g/mol. The number of quaternary nitrogens is 1. The Morgan fingerprint density at radius 1 is 1.20 bits per heavy atom. The fourth-order valence-electron chi connectivity index (χ4n) is 2.53. The van der Waals surface area contributed by atoms with Crippen LogP contribution in [0.4, 0.5) is 0 Å². The van der Waals surface area contributed by atoms with Crippen molar-refractivity contribution in [1.29, 1.82) is 0 Å². The highest BCUT2D eigenvalue weighted by molar-refractivity contribution is 6.68. The van der Waals surface area contributed by atoms with Crippen LogP contribution in [0.1, 0.15) is 18.4 Å². The zero-order valence-corrected chi connectivity index (χ0v) is 13.3. The van der Waals surface area contributed by atoms with Gasteiger partial charge in [0.05, 0.1) is 19.5 Å². The summed E-state index contributed by atoms with van der Waals surface area (Å²) in [7, 11) is 0. The fraction of sp³-hybridized carbons (Fsp3) is 0.500. The smallest absolute Gasteiger partial charge is 0.262 e. The van der Waals surface area contributed by atoms with E-state index in [4.69, 9.17) is 34.8 Å². The molecule has 0 aromatic heterocycles. The van der Waals surface area contributed by atoms with Gasteiger partial charge >= 0.3 is 0 Å². The van der Waals surface area contributed by atoms with Crippen molar-refractivity contribution < 1.29 is 9.69 Å². The van der Waals surface area contributed by atoms with Crippen LogP contribution < -0.4 is 10.2 Å². The maximum absolute atomic E-state index is 12.1. The molecule has 0 aliphatic carbocycles. The highest BCUT2D eigenvalue weighted by Crippen LogP contribution is 2.28. The van der Waals surface area contributed by atoms with Crippen LogP contribution in [-0.2, 0) is 11.2 Å². The van der Waals surface area contributed by atoms with Gasteiger partial charge in [0.2, 0.25) is 12.1 Å². The van der Waals surface area contributed by atoms with Crippen LogP contribution in [0.3, 0.4) is 0 Å². The Kier molecular flexibility index (Phi) is 5.56. The van der Waals surface area contributed by atoms with E-state index in [9.17, 15) is 4.79 Å². The molecule has 0 spiro atoms. The summed E-state index contributed by atoms with van der Waals surface area (Å²) in [6, 6.07) is 9.54. The highest BCUT2D eigenvalue weighted by Gasteiger charge is 2.43. The van der Waals surface area contributed by atoms with Gasteiger partial charge in [0.15, 0.2) is 0 Å². The Morgan fingerprint density at radius 2 is 1.80 bits per heavy atom. The third-order valence-corrected chi connectivity index (χ3v) is 4.15. The van der Waals surface area contributed by atoms with Gasteiger partial charge in [0, 0.05) is 12.8 Å². The van der Waals surface area contributed by atoms with Crippen LogP contribution in [0, 0.1) is 0 Å². The molecular formula is C14H18Cl3N2O+. The number of halogens is 3. The van der Waals surface area contributed by atoms with Crippen LogP contribution in [-0.4, -0.2) is 29.0 Å². The first-order chi connectivity index (χ1) is 9.47. The molecule has 0 saturated carbocycles. The number of nitrogens with one attached hydrogen (secondary N) is 2. The predicted molar refractivity (Wildman–Crippen MR) is 82.3 cm³/mol. The quantitative estimate of drug-likeness (QED) is 0.807. The number of likely N-dealkylation sites (tertiary alicyclic amines) is 1. The minimum atomic E-state index is -1.49. The predicted octanol–water partition coefficient (Wildman–Crippen LogP) is 1.72. The molecule has 0 radical (unpaired) electrons. The third kappa shape index (κ3) is 4.52. The molecule has 1 aromatic carbocycles. The van der Waals surface area contributed by atoms with E-state index in [0.717, 1.165) is 36.4 Å². The topological polar surface area (TPSA) is 33.5 Å². The molecular weight excluding hydrogens is 319 g/mol. The molecule has 1 fully saturated rings. The normalized spacial score (nSPS) is 17.9. The van der Waals surface area contributed by atoms with Gasteiger partial charge in [-0.2, -0.15) is 0 Å². The summed E-state index contributed by atoms with van der Waals surface area (Å²) in [6.07, 6.45) is 2.00. The van der Waals surface area contributed by atoms with Gasteiger partial charge in [-0.25, -0.2) is 0 Å². The minimum Gasteiger partial charge on any atom is -0.312 e. The number of carbonyl (C=O) groups is 1. The summed E-state index contributed by atoms with van der Waals surface area (Å²) < 4.78 is -1.49. The summed E-state index contributed by atoms with van der Waals surface area (Å²) >= 11 is 18.1. The Hall–Kier alpha value is -0.480. The minimum absolute atomic E-state index is 0.119. The molecule has 2 N–H and O–H groups in total. The lowest BCUT2D eigenvalue weighted by atomic mass is 10.1. The number of alkyl halides is 3. The first-order valence-corrected chi connectivity index (χ1v) is 7.85. The number of rotatable bonds is 4. The lowest BCUT2D eigenvalue weighted by Gasteiger charge is -2.30. The molecule has 1 aliphatic heterocycles. The zero-order valence-electron chi connectivity index (χ0n) is 11.0. The van der Waals surface area contributed by atoms with Gasteiger partial charge in [-0.15, -0.1) is 0 Å². The molecule has 1 aliphatic rings. The van der Waals surface area contributed by atoms with Crippen molar-refractivity contribution in [2.45, 2.75) is 29.2 Å². The highest BCUT2D eigenvalue weighted by atomic mass is 35.6. The average molecular weight is 337 g/mol. The second-order valence-corrected chi connectivity index (χ2v) is 7.44. The summed E-state index contributed by atoms with van der Waals surface area (Å²) in [5, 5.41) is 2.88. The van der Waals surface area contributed by atoms with E-state index in [2.05, 4.69) is 5.32 Å². The maximum atomic E-state index is 12.1. The number of carbonyl (C=O) groups excluding carboxylic acids is 1. The molecule has 20 heavy (non-hydrogen) atoms. The van der Waals surface area contributed by atoms with Crippen LogP contribution in [0.15, 0.2) is 30.3 Å². The van der Waals surface area contributed by atoms with Crippen LogP contribution in [0.25, 0.3) is 0 Å². The van der Waals surface area contributed by atoms with E-state index in [-0.39, 0.29) is 5.91 Å². The first-order valence-electron chi connectivity index (χ1n) is 6.71. The molecule has 1 aromatic rings. The van der Waals surface area contributed by atoms with Crippen molar-refractivity contribution in [2.75, 3.05) is 13.1 Å². The number of amides is 1. The number of benzene rings is 1. The van der Waals surface area contributed by atoms with Crippen molar-refractivity contribution >= 4 is 40.7 Å². The van der Waals surface area contributed by atoms with Gasteiger partial charge in [0.1, 0.15) is 0 Å². The molecule has 6 heteroatoms. The van der Waals surface area contributed by atoms with Gasteiger partial charge in [-0.3, -0.25) is 4.79 Å². The Labute approximate surface area is 134 Å². The van der Waals surface area contributed by atoms with E-state index in [0.29, 0.717) is 6.42 Å². The summed E-state index contributed by atoms with van der Waals surface area (Å²) in [5.41, 5.74) is 0.949. The standard InChI is InChI=1S/C14H17Cl3N2O/c15-14(16,17)13(19-8-4-5-9-19)18-12(20)10-11-6-2-1-3-7-11/h1-3,6-7,13H,4-5,8-10H2,(H,18,20)/p+1. The third-order valence-electron chi connectivity index (χ3n) is 3.49. The van der Waals surface area contributed by atoms with Crippen molar-refractivity contribution in [3.8, 4) is 0 Å². The van der Waals surface area contributed by atoms with Crippen LogP contribution in [0.5, 0.6) is 0 Å². The molecule has 2 rings (SSSR count). The van der Waals surface area contributed by atoms with Crippen molar-refractivity contribution in [3.63, 3.8) is 0 Å². The Balaban J connectivity index is 1.98. The molecule has 1 amide bonds. The van der Waals surface area contributed by atoms with Crippen molar-refractivity contribution in [2.24, 2.45) is 0 Å². The summed E-state index contributed by atoms with van der Waals surface area (Å²) in [5.74, 6) is -0.119. The number of hydrogen-bond donors (Lipinski definition) is 2. The van der Waals surface area contributed by atoms with Gasteiger partial charge < -0.3 is 10.2 Å². The van der Waals surface area contributed by atoms with Crippen molar-refractivity contribution in [1.82, 2.24) is 5.32 Å². The fourth-order valence-corrected chi connectivity index (χ4v) is 3.15. The summed E-state index contributed by atoms with van der Waals surface area (Å²) in [6.45, 7) is 1.84. The second-order valence-electron chi connectivity index (χ2n) is 5.07. The van der Waals surface area contributed by atoms with Crippen LogP contribution in [0.2, 0.25) is 0 Å². The Morgan fingerprint density at radius 3 is 2.35 bits per heavy atom. The lowest BCUT2D eigenvalue weighted by Crippen LogP contribution is -3.17. The molecule has 3 nitrogen and oxygen atoms in total. The van der Waals surface area contributed by atoms with E-state index < -0.39 is 9.96 Å². The second kappa shape index (κ2) is 6.99. The van der Waals surface area contributed by atoms with E-state index in [1.807, 2.05) is 30.3 Å². The van der Waals surface area contributed by atoms with Gasteiger partial charge in [0.25, 0.3) is 3.79 Å². The molecule has 1 unspecified atom stereocenters. The first kappa shape index (κ1) is 15.9. The molecule has 0 bridgehead atoms. The number of hydrogen-bond acceptors (Lipinski definition) is 1. The van der Waals surface area contributed by atoms with E-state index in [1.54, 1.807) is 0 Å². The molecule has 1 saturated heterocycles. The SMILES string of the molecule is O=C(Cc1ccccc1)NC([NH+]1CCCC1)C(Cl)(Cl)Cl. The largest absolute Gasteiger partial charge is 0.312 e. The van der Waals surface area contributed by atoms with Gasteiger partial charge in [-0.05, 0) is 5.56 Å². The molecule has 1 heterocycles. The zero-order chi connectivity index (χ0) is 14.6. The molecule has 1 atom stereocenters. The van der Waals surface area contributed by atoms with E-state index >= 15 is 0 Å². The average Bonchev–Trinajstić information content (AvgIpc) is 2.89.